The Bertz CT molecular complexity index is 1020. The fourth-order valence-corrected chi connectivity index (χ4v) is 4.63. The van der Waals surface area contributed by atoms with Crippen LogP contribution in [0.15, 0.2) is 39.9 Å². The number of likely N-dealkylation sites (N-methyl/N-ethyl adjacent to an activating group) is 1. The van der Waals surface area contributed by atoms with Gasteiger partial charge in [0.1, 0.15) is 5.82 Å². The van der Waals surface area contributed by atoms with Gasteiger partial charge in [0.2, 0.25) is 5.91 Å². The number of nitrogens with zero attached hydrogens (tertiary/aromatic N) is 3. The molecule has 2 aromatic rings. The van der Waals surface area contributed by atoms with Gasteiger partial charge in [-0.1, -0.05) is 62.9 Å². The highest BCUT2D eigenvalue weighted by Gasteiger charge is 2.25. The summed E-state index contributed by atoms with van der Waals surface area (Å²) in [5, 5.41) is 0. The van der Waals surface area contributed by atoms with Gasteiger partial charge in [-0.3, -0.25) is 24.0 Å². The molecule has 1 aromatic carbocycles. The first kappa shape index (κ1) is 24.8. The Labute approximate surface area is 195 Å². The molecule has 1 aliphatic rings. The normalized spacial score (nSPS) is 14.5. The highest BCUT2D eigenvalue weighted by Crippen LogP contribution is 2.24. The minimum absolute atomic E-state index is 0.0204. The molecule has 0 unspecified atom stereocenters. The molecule has 3 rings (SSSR count). The van der Waals surface area contributed by atoms with E-state index in [1.54, 1.807) is 0 Å². The molecule has 33 heavy (non-hydrogen) atoms. The summed E-state index contributed by atoms with van der Waals surface area (Å²) in [6, 6.07) is 9.42. The lowest BCUT2D eigenvalue weighted by atomic mass is 9.89. The molecule has 0 bridgehead atoms. The molecule has 8 heteroatoms. The average Bonchev–Trinajstić information content (AvgIpc) is 2.80. The number of carbonyl (C=O) groups excluding carboxylic acids is 1. The number of amides is 1. The van der Waals surface area contributed by atoms with Gasteiger partial charge in [-0.25, -0.2) is 4.79 Å². The molecular formula is C25H37N5O3. The van der Waals surface area contributed by atoms with Crippen molar-refractivity contribution in [2.24, 2.45) is 5.92 Å². The molecule has 0 aliphatic heterocycles. The smallest absolute Gasteiger partial charge is 0.330 e. The van der Waals surface area contributed by atoms with Gasteiger partial charge in [0.05, 0.1) is 13.1 Å². The van der Waals surface area contributed by atoms with Crippen LogP contribution in [0.25, 0.3) is 0 Å². The summed E-state index contributed by atoms with van der Waals surface area (Å²) in [5.74, 6) is 0.456. The summed E-state index contributed by atoms with van der Waals surface area (Å²) in [7, 11) is 1.95. The van der Waals surface area contributed by atoms with E-state index in [2.05, 4.69) is 4.98 Å². The summed E-state index contributed by atoms with van der Waals surface area (Å²) >= 11 is 0. The number of nitrogen functional groups attached to an aromatic ring is 1. The third-order valence-electron chi connectivity index (χ3n) is 6.40. The fraction of sp³-hybridized carbons (Fsp3) is 0.560. The molecule has 0 radical (unpaired) electrons. The number of nitrogens with one attached hydrogen (secondary N) is 1. The van der Waals surface area contributed by atoms with E-state index < -0.39 is 11.2 Å². The number of nitrogens with two attached hydrogens (primary N) is 1. The number of H-pyrrole nitrogens is 1. The van der Waals surface area contributed by atoms with E-state index in [0.717, 1.165) is 24.9 Å². The van der Waals surface area contributed by atoms with Crippen LogP contribution < -0.4 is 21.9 Å². The standard InChI is InChI=1S/C25H37N5O3/c1-3-4-15-29(21(31)18-28(2)16-19-11-7-5-8-12-19)22-23(26)30(25(33)27-24(22)32)17-20-13-9-6-10-14-20/h6,9-10,13-14,19H,3-5,7-8,11-12,15-18,26H2,1-2H3,(H,27,32,33). The molecule has 8 nitrogen and oxygen atoms in total. The molecule has 180 valence electrons. The Balaban J connectivity index is 1.86. The number of benzene rings is 1. The largest absolute Gasteiger partial charge is 0.383 e. The molecule has 1 saturated carbocycles. The maximum Gasteiger partial charge on any atom is 0.330 e. The first-order valence-corrected chi connectivity index (χ1v) is 12.1. The van der Waals surface area contributed by atoms with Crippen LogP contribution in [-0.2, 0) is 11.3 Å². The number of unbranched alkanes of at least 4 members (excludes halogenated alkanes) is 1. The van der Waals surface area contributed by atoms with Crippen LogP contribution in [0.4, 0.5) is 11.5 Å². The van der Waals surface area contributed by atoms with Gasteiger partial charge in [0.15, 0.2) is 5.69 Å². The summed E-state index contributed by atoms with van der Waals surface area (Å²) in [6.45, 7) is 3.70. The first-order chi connectivity index (χ1) is 15.9. The van der Waals surface area contributed by atoms with E-state index in [-0.39, 0.29) is 30.5 Å². The van der Waals surface area contributed by atoms with E-state index in [1.165, 1.54) is 41.6 Å². The highest BCUT2D eigenvalue weighted by molar-refractivity contribution is 5.96. The zero-order chi connectivity index (χ0) is 23.8. The number of hydrogen-bond donors (Lipinski definition) is 2. The van der Waals surface area contributed by atoms with Crippen molar-refractivity contribution in [1.82, 2.24) is 14.5 Å². The highest BCUT2D eigenvalue weighted by atomic mass is 16.2. The van der Waals surface area contributed by atoms with Gasteiger partial charge in [-0.2, -0.15) is 0 Å². The van der Waals surface area contributed by atoms with Crippen LogP contribution in [0.5, 0.6) is 0 Å². The van der Waals surface area contributed by atoms with Crippen LogP contribution in [0.3, 0.4) is 0 Å². The number of aromatic amines is 1. The Hall–Kier alpha value is -2.87. The molecule has 0 atom stereocenters. The van der Waals surface area contributed by atoms with Gasteiger partial charge < -0.3 is 10.6 Å². The molecular weight excluding hydrogens is 418 g/mol. The minimum atomic E-state index is -0.624. The van der Waals surface area contributed by atoms with Crippen molar-refractivity contribution < 1.29 is 4.79 Å². The van der Waals surface area contributed by atoms with Crippen LogP contribution in [0, 0.1) is 5.92 Å². The van der Waals surface area contributed by atoms with Crippen LogP contribution in [-0.4, -0.2) is 47.0 Å². The Kier molecular flexibility index (Phi) is 8.88. The molecule has 3 N–H and O–H groups in total. The van der Waals surface area contributed by atoms with Crippen molar-refractivity contribution in [3.8, 4) is 0 Å². The van der Waals surface area contributed by atoms with Gasteiger partial charge >= 0.3 is 5.69 Å². The number of hydrogen-bond acceptors (Lipinski definition) is 5. The zero-order valence-corrected chi connectivity index (χ0v) is 19.9. The van der Waals surface area contributed by atoms with Crippen molar-refractivity contribution >= 4 is 17.4 Å². The Morgan fingerprint density at radius 1 is 1.15 bits per heavy atom. The first-order valence-electron chi connectivity index (χ1n) is 12.1. The van der Waals surface area contributed by atoms with Crippen LogP contribution in [0.2, 0.25) is 0 Å². The van der Waals surface area contributed by atoms with E-state index >= 15 is 0 Å². The molecule has 1 fully saturated rings. The lowest BCUT2D eigenvalue weighted by molar-refractivity contribution is -0.119. The Morgan fingerprint density at radius 3 is 2.52 bits per heavy atom. The fourth-order valence-electron chi connectivity index (χ4n) is 4.63. The predicted octanol–water partition coefficient (Wildman–Crippen LogP) is 2.81. The quantitative estimate of drug-likeness (QED) is 0.573. The molecule has 0 saturated heterocycles. The number of aromatic nitrogens is 2. The van der Waals surface area contributed by atoms with E-state index in [4.69, 9.17) is 5.73 Å². The van der Waals surface area contributed by atoms with E-state index in [1.807, 2.05) is 49.2 Å². The minimum Gasteiger partial charge on any atom is -0.383 e. The van der Waals surface area contributed by atoms with Crippen molar-refractivity contribution in [2.45, 2.75) is 58.4 Å². The molecule has 1 aliphatic carbocycles. The summed E-state index contributed by atoms with van der Waals surface area (Å²) in [5.41, 5.74) is 6.10. The molecule has 1 aromatic heterocycles. The molecule has 1 amide bonds. The van der Waals surface area contributed by atoms with Gasteiger partial charge in [-0.15, -0.1) is 0 Å². The molecule has 0 spiro atoms. The van der Waals surface area contributed by atoms with Crippen LogP contribution in [0.1, 0.15) is 57.4 Å². The van der Waals surface area contributed by atoms with Crippen molar-refractivity contribution in [1.29, 1.82) is 0 Å². The number of carbonyl (C=O) groups is 1. The topological polar surface area (TPSA) is 104 Å². The lowest BCUT2D eigenvalue weighted by Gasteiger charge is -2.29. The lowest BCUT2D eigenvalue weighted by Crippen LogP contribution is -2.45. The summed E-state index contributed by atoms with van der Waals surface area (Å²) in [6.07, 6.45) is 7.81. The second kappa shape index (κ2) is 11.8. The number of rotatable bonds is 10. The van der Waals surface area contributed by atoms with Crippen LogP contribution >= 0.6 is 0 Å². The Morgan fingerprint density at radius 2 is 1.85 bits per heavy atom. The zero-order valence-electron chi connectivity index (χ0n) is 19.9. The summed E-state index contributed by atoms with van der Waals surface area (Å²) < 4.78 is 1.32. The van der Waals surface area contributed by atoms with Crippen molar-refractivity contribution in [3.63, 3.8) is 0 Å². The van der Waals surface area contributed by atoms with Gasteiger partial charge in [-0.05, 0) is 37.8 Å². The molecule has 1 heterocycles. The predicted molar refractivity (Wildman–Crippen MR) is 133 cm³/mol. The van der Waals surface area contributed by atoms with Crippen molar-refractivity contribution in [2.75, 3.05) is 37.3 Å². The van der Waals surface area contributed by atoms with E-state index in [9.17, 15) is 14.4 Å². The third-order valence-corrected chi connectivity index (χ3v) is 6.40. The van der Waals surface area contributed by atoms with Gasteiger partial charge in [0, 0.05) is 13.1 Å². The maximum atomic E-state index is 13.3. The monoisotopic (exact) mass is 455 g/mol. The maximum absolute atomic E-state index is 13.3. The summed E-state index contributed by atoms with van der Waals surface area (Å²) in [4.78, 5) is 44.6. The second-order valence-electron chi connectivity index (χ2n) is 9.16. The van der Waals surface area contributed by atoms with Crippen molar-refractivity contribution in [3.05, 3.63) is 56.7 Å². The second-order valence-corrected chi connectivity index (χ2v) is 9.16. The third kappa shape index (κ3) is 6.57. The number of anilines is 2. The average molecular weight is 456 g/mol. The van der Waals surface area contributed by atoms with E-state index in [0.29, 0.717) is 12.5 Å². The van der Waals surface area contributed by atoms with Gasteiger partial charge in [0.25, 0.3) is 5.56 Å². The SMILES string of the molecule is CCCCN(C(=O)CN(C)CC1CCCCC1)c1c(N)n(Cc2ccccc2)c(=O)[nH]c1=O.